The smallest absolute Gasteiger partial charge is 0.173 e. The average molecular weight is 434 g/mol. The van der Waals surface area contributed by atoms with Gasteiger partial charge >= 0.3 is 0 Å². The van der Waals surface area contributed by atoms with E-state index in [-0.39, 0.29) is 0 Å². The van der Waals surface area contributed by atoms with Crippen molar-refractivity contribution in [2.24, 2.45) is 0 Å². The van der Waals surface area contributed by atoms with Gasteiger partial charge in [-0.05, 0) is 60.1 Å². The molecular formula is C26H28O2P2. The van der Waals surface area contributed by atoms with Crippen molar-refractivity contribution >= 4 is 24.9 Å². The summed E-state index contributed by atoms with van der Waals surface area (Å²) in [7, 11) is -5.64. The third-order valence-electron chi connectivity index (χ3n) is 6.98. The molecule has 2 aromatic rings. The highest BCUT2D eigenvalue weighted by Crippen LogP contribution is 2.95. The zero-order valence-corrected chi connectivity index (χ0v) is 19.9. The van der Waals surface area contributed by atoms with Crippen LogP contribution >= 0.6 is 14.3 Å². The summed E-state index contributed by atoms with van der Waals surface area (Å²) in [4.78, 5) is 0. The molecule has 0 saturated heterocycles. The molecule has 2 aromatic carbocycles. The molecule has 4 aliphatic heterocycles. The van der Waals surface area contributed by atoms with Gasteiger partial charge in [0, 0.05) is 31.9 Å². The van der Waals surface area contributed by atoms with E-state index in [0.29, 0.717) is 0 Å². The lowest BCUT2D eigenvalue weighted by Gasteiger charge is -2.53. The summed E-state index contributed by atoms with van der Waals surface area (Å²) in [5.74, 6) is 0. The fourth-order valence-corrected chi connectivity index (χ4v) is 14.7. The summed E-state index contributed by atoms with van der Waals surface area (Å²) < 4.78 is 29.1. The van der Waals surface area contributed by atoms with Gasteiger partial charge in [0.05, 0.1) is 0 Å². The van der Waals surface area contributed by atoms with Gasteiger partial charge in [-0.2, -0.15) is 0 Å². The largest absolute Gasteiger partial charge is 0.309 e. The Kier molecular flexibility index (Phi) is 4.55. The minimum Gasteiger partial charge on any atom is -0.309 e. The number of aryl methyl sites for hydroxylation is 4. The van der Waals surface area contributed by atoms with Crippen LogP contribution in [0.3, 0.4) is 0 Å². The van der Waals surface area contributed by atoms with Crippen LogP contribution in [-0.4, -0.2) is 0 Å². The molecule has 2 nitrogen and oxygen atoms in total. The van der Waals surface area contributed by atoms with E-state index in [2.05, 4.69) is 64.1 Å². The zero-order chi connectivity index (χ0) is 21.3. The Labute approximate surface area is 179 Å². The summed E-state index contributed by atoms with van der Waals surface area (Å²) in [6.45, 7) is 8.51. The Morgan fingerprint density at radius 2 is 0.867 bits per heavy atom. The summed E-state index contributed by atoms with van der Waals surface area (Å²) in [6, 6.07) is 12.6. The predicted octanol–water partition coefficient (Wildman–Crippen LogP) is 6.63. The van der Waals surface area contributed by atoms with Gasteiger partial charge < -0.3 is 9.13 Å². The lowest BCUT2D eigenvalue weighted by molar-refractivity contribution is 0.577. The Hall–Kier alpha value is -1.88. The molecule has 4 bridgehead atoms. The van der Waals surface area contributed by atoms with E-state index in [1.165, 1.54) is 22.3 Å². The van der Waals surface area contributed by atoms with Crippen LogP contribution in [0.4, 0.5) is 0 Å². The van der Waals surface area contributed by atoms with E-state index in [9.17, 15) is 9.13 Å². The number of fused-ring (bicyclic) bond motifs is 1. The summed E-state index contributed by atoms with van der Waals surface area (Å²) in [5, 5.41) is 5.62. The molecule has 154 valence electrons. The van der Waals surface area contributed by atoms with Gasteiger partial charge in [-0.15, -0.1) is 0 Å². The molecule has 0 amide bonds. The first kappa shape index (κ1) is 20.0. The molecule has 4 heteroatoms. The van der Waals surface area contributed by atoms with Crippen LogP contribution in [-0.2, 0) is 34.8 Å². The van der Waals surface area contributed by atoms with Crippen molar-refractivity contribution in [2.75, 3.05) is 0 Å². The first-order valence-electron chi connectivity index (χ1n) is 11.1. The van der Waals surface area contributed by atoms with E-state index in [0.717, 1.165) is 57.5 Å². The van der Waals surface area contributed by atoms with Gasteiger partial charge in [-0.1, -0.05) is 64.1 Å². The second-order valence-corrected chi connectivity index (χ2v) is 13.5. The predicted molar refractivity (Wildman–Crippen MR) is 128 cm³/mol. The summed E-state index contributed by atoms with van der Waals surface area (Å²) >= 11 is 0. The van der Waals surface area contributed by atoms with Crippen LogP contribution < -0.4 is 10.6 Å². The average Bonchev–Trinajstić information content (AvgIpc) is 2.80. The normalized spacial score (nSPS) is 26.0. The Bertz CT molecular complexity index is 1150. The second kappa shape index (κ2) is 6.81. The second-order valence-electron chi connectivity index (χ2n) is 8.28. The van der Waals surface area contributed by atoms with Crippen LogP contribution in [0, 0.1) is 0 Å². The SMILES string of the molecule is CCc1cccc(CC)c1P1(=O)c2ccc3c1c2P3(=O)c1c(CC)cccc1CC. The van der Waals surface area contributed by atoms with Crippen LogP contribution in [0.1, 0.15) is 49.9 Å². The van der Waals surface area contributed by atoms with Crippen molar-refractivity contribution in [3.8, 4) is 0 Å². The molecule has 0 aliphatic carbocycles. The monoisotopic (exact) mass is 434 g/mol. The minimum absolute atomic E-state index is 0.860. The standard InChI is InChI=1S/C26H28O2P2/c1-5-17-11-9-12-18(6-2)23(17)29(27)21-15-16-22-25(29)26(21)30(22,28)24-19(7-3)13-10-14-20(24)8-4/h9-16H,5-8H2,1-4H3. The highest BCUT2D eigenvalue weighted by molar-refractivity contribution is 7.94. The van der Waals surface area contributed by atoms with Crippen molar-refractivity contribution in [3.63, 3.8) is 0 Å². The fourth-order valence-electron chi connectivity index (χ4n) is 5.53. The van der Waals surface area contributed by atoms with E-state index in [1.807, 2.05) is 12.2 Å². The van der Waals surface area contributed by atoms with E-state index >= 15 is 0 Å². The number of hydrogen-bond donors (Lipinski definition) is 0. The lowest BCUT2D eigenvalue weighted by atomic mass is 10.1. The van der Waals surface area contributed by atoms with E-state index < -0.39 is 14.3 Å². The molecule has 0 spiro atoms. The summed E-state index contributed by atoms with van der Waals surface area (Å²) in [6.07, 6.45) is 7.44. The van der Waals surface area contributed by atoms with E-state index in [4.69, 9.17) is 0 Å². The van der Waals surface area contributed by atoms with Gasteiger partial charge in [-0.25, -0.2) is 0 Å². The molecule has 4 aliphatic rings. The summed E-state index contributed by atoms with van der Waals surface area (Å²) in [5.41, 5.74) is 4.67. The molecule has 0 saturated carbocycles. The number of rotatable bonds is 6. The molecular weight excluding hydrogens is 406 g/mol. The van der Waals surface area contributed by atoms with Crippen LogP contribution in [0.25, 0.3) is 0 Å². The highest BCUT2D eigenvalue weighted by atomic mass is 31.2. The molecule has 6 rings (SSSR count). The fraction of sp³-hybridized carbons (Fsp3) is 0.308. The van der Waals surface area contributed by atoms with Crippen LogP contribution in [0.2, 0.25) is 0 Å². The number of hydrogen-bond acceptors (Lipinski definition) is 2. The Morgan fingerprint density at radius 1 is 0.567 bits per heavy atom. The highest BCUT2D eigenvalue weighted by Gasteiger charge is 2.67. The molecule has 2 atom stereocenters. The van der Waals surface area contributed by atoms with E-state index in [1.54, 1.807) is 0 Å². The van der Waals surface area contributed by atoms with Crippen molar-refractivity contribution in [2.45, 2.75) is 53.4 Å². The van der Waals surface area contributed by atoms with Crippen molar-refractivity contribution in [1.29, 1.82) is 0 Å². The van der Waals surface area contributed by atoms with Gasteiger partial charge in [0.2, 0.25) is 0 Å². The lowest BCUT2D eigenvalue weighted by Crippen LogP contribution is -2.36. The molecule has 0 fully saturated rings. The maximum absolute atomic E-state index is 14.6. The molecule has 2 unspecified atom stereocenters. The minimum atomic E-state index is -2.82. The van der Waals surface area contributed by atoms with Crippen LogP contribution in [0.5, 0.6) is 0 Å². The van der Waals surface area contributed by atoms with Crippen molar-refractivity contribution < 1.29 is 9.13 Å². The third-order valence-corrected chi connectivity index (χ3v) is 14.2. The number of benzene rings is 2. The maximum Gasteiger partial charge on any atom is 0.173 e. The maximum atomic E-state index is 14.6. The molecule has 0 N–H and O–H groups in total. The molecule has 0 radical (unpaired) electrons. The Balaban J connectivity index is 1.75. The third kappa shape index (κ3) is 2.17. The first-order chi connectivity index (χ1) is 14.5. The van der Waals surface area contributed by atoms with Gasteiger partial charge in [-0.3, -0.25) is 0 Å². The topological polar surface area (TPSA) is 34.1 Å². The molecule has 30 heavy (non-hydrogen) atoms. The quantitative estimate of drug-likeness (QED) is 0.478. The first-order valence-corrected chi connectivity index (χ1v) is 14.5. The Morgan fingerprint density at radius 3 is 1.10 bits per heavy atom. The van der Waals surface area contributed by atoms with Crippen molar-refractivity contribution in [3.05, 3.63) is 92.1 Å². The van der Waals surface area contributed by atoms with Gasteiger partial charge in [0.25, 0.3) is 0 Å². The van der Waals surface area contributed by atoms with Crippen LogP contribution in [0.15, 0.2) is 69.8 Å². The van der Waals surface area contributed by atoms with Gasteiger partial charge in [0.15, 0.2) is 14.3 Å². The zero-order valence-electron chi connectivity index (χ0n) is 18.2. The molecule has 4 heterocycles. The number of allylic oxidation sites excluding steroid dienone is 6. The van der Waals surface area contributed by atoms with Crippen molar-refractivity contribution in [1.82, 2.24) is 0 Å². The van der Waals surface area contributed by atoms with Gasteiger partial charge in [0.1, 0.15) is 0 Å². The molecule has 0 aromatic heterocycles.